The van der Waals surface area contributed by atoms with Gasteiger partial charge in [-0.05, 0) is 82.2 Å². The molecule has 2 heterocycles. The zero-order valence-corrected chi connectivity index (χ0v) is 23.2. The maximum absolute atomic E-state index is 13.8. The topological polar surface area (TPSA) is 53.0 Å². The zero-order chi connectivity index (χ0) is 27.2. The van der Waals surface area contributed by atoms with E-state index in [1.54, 1.807) is 37.3 Å². The number of halogens is 4. The standard InChI is InChI=1S/C29H34Cl2F2N2O3/c1-17(23-7-5-20(30)10-25(23)31)38-26-11-21(6-8-24(26)27(32)33)35-15-19(16-35)18-4-3-9-34(14-18)22-12-29(2,13-22)28(36)37/h5-8,10-11,17-19,22,27H,3-4,9,12-16H2,1-2H3,(H,36,37)/t17-,18+,22?,29?/m1/s1. The predicted octanol–water partition coefficient (Wildman–Crippen LogP) is 7.47. The average Bonchev–Trinajstić information content (AvgIpc) is 2.81. The highest BCUT2D eigenvalue weighted by Crippen LogP contribution is 2.46. The lowest BCUT2D eigenvalue weighted by Gasteiger charge is -2.52. The van der Waals surface area contributed by atoms with Gasteiger partial charge >= 0.3 is 5.97 Å². The van der Waals surface area contributed by atoms with Gasteiger partial charge in [0.05, 0.1) is 11.0 Å². The molecule has 0 aromatic heterocycles. The minimum Gasteiger partial charge on any atom is -0.485 e. The molecule has 38 heavy (non-hydrogen) atoms. The number of anilines is 1. The Labute approximate surface area is 232 Å². The summed E-state index contributed by atoms with van der Waals surface area (Å²) >= 11 is 12.3. The molecule has 0 bridgehead atoms. The number of carboxylic acid groups (broad SMARTS) is 1. The highest BCUT2D eigenvalue weighted by atomic mass is 35.5. The Morgan fingerprint density at radius 1 is 1.08 bits per heavy atom. The summed E-state index contributed by atoms with van der Waals surface area (Å²) in [6.07, 6.45) is 0.581. The molecular formula is C29H34Cl2F2N2O3. The van der Waals surface area contributed by atoms with Crippen molar-refractivity contribution in [3.63, 3.8) is 0 Å². The van der Waals surface area contributed by atoms with Crippen molar-refractivity contribution in [1.29, 1.82) is 0 Å². The van der Waals surface area contributed by atoms with Crippen molar-refractivity contribution < 1.29 is 23.4 Å². The number of carboxylic acids is 1. The van der Waals surface area contributed by atoms with Gasteiger partial charge in [0.1, 0.15) is 11.9 Å². The first-order chi connectivity index (χ1) is 18.0. The molecule has 1 aliphatic carbocycles. The summed E-state index contributed by atoms with van der Waals surface area (Å²) in [4.78, 5) is 16.2. The molecule has 0 radical (unpaired) electrons. The van der Waals surface area contributed by atoms with Crippen molar-refractivity contribution in [2.45, 2.75) is 58.1 Å². The minimum absolute atomic E-state index is 0.139. The molecule has 2 aliphatic heterocycles. The van der Waals surface area contributed by atoms with Crippen molar-refractivity contribution in [2.75, 3.05) is 31.1 Å². The Kier molecular flexibility index (Phi) is 7.82. The van der Waals surface area contributed by atoms with Crippen molar-refractivity contribution in [1.82, 2.24) is 4.90 Å². The van der Waals surface area contributed by atoms with Gasteiger partial charge in [0.25, 0.3) is 6.43 Å². The SMILES string of the molecule is C[C@@H](Oc1cc(N2CC([C@H]3CCCN(C4CC(C)(C(=O)O)C4)C3)C2)ccc1C(F)F)c1ccc(Cl)cc1Cl. The summed E-state index contributed by atoms with van der Waals surface area (Å²) in [6.45, 7) is 7.44. The summed E-state index contributed by atoms with van der Waals surface area (Å²) in [5.74, 6) is 0.577. The maximum atomic E-state index is 13.8. The second-order valence-corrected chi connectivity index (χ2v) is 12.3. The molecule has 2 saturated heterocycles. The van der Waals surface area contributed by atoms with Crippen molar-refractivity contribution in [3.8, 4) is 5.75 Å². The minimum atomic E-state index is -2.65. The number of aliphatic carboxylic acids is 1. The lowest BCUT2D eigenvalue weighted by Crippen LogP contribution is -2.58. The van der Waals surface area contributed by atoms with Gasteiger partial charge in [-0.1, -0.05) is 29.3 Å². The van der Waals surface area contributed by atoms with E-state index < -0.39 is 23.9 Å². The number of nitrogens with zero attached hydrogens (tertiary/aromatic N) is 2. The molecule has 0 amide bonds. The first-order valence-corrected chi connectivity index (χ1v) is 14.1. The molecule has 1 N–H and O–H groups in total. The van der Waals surface area contributed by atoms with Gasteiger partial charge in [-0.2, -0.15) is 0 Å². The molecule has 3 aliphatic rings. The number of ether oxygens (including phenoxy) is 1. The number of alkyl halides is 2. The largest absolute Gasteiger partial charge is 0.485 e. The van der Waals surface area contributed by atoms with Crippen LogP contribution in [-0.2, 0) is 4.79 Å². The molecule has 206 valence electrons. The molecule has 3 fully saturated rings. The third-order valence-corrected chi connectivity index (χ3v) is 9.33. The molecule has 5 nitrogen and oxygen atoms in total. The van der Waals surface area contributed by atoms with E-state index in [0.29, 0.717) is 33.5 Å². The lowest BCUT2D eigenvalue weighted by atomic mass is 9.65. The third kappa shape index (κ3) is 5.47. The van der Waals surface area contributed by atoms with Gasteiger partial charge in [-0.3, -0.25) is 4.79 Å². The van der Waals surface area contributed by atoms with Gasteiger partial charge in [-0.15, -0.1) is 0 Å². The summed E-state index contributed by atoms with van der Waals surface area (Å²) < 4.78 is 33.6. The van der Waals surface area contributed by atoms with E-state index in [1.165, 1.54) is 12.5 Å². The summed E-state index contributed by atoms with van der Waals surface area (Å²) in [5, 5.41) is 10.4. The van der Waals surface area contributed by atoms with E-state index in [0.717, 1.165) is 51.1 Å². The summed E-state index contributed by atoms with van der Waals surface area (Å²) in [7, 11) is 0. The van der Waals surface area contributed by atoms with E-state index >= 15 is 0 Å². The Morgan fingerprint density at radius 2 is 1.79 bits per heavy atom. The van der Waals surface area contributed by atoms with Gasteiger partial charge in [-0.25, -0.2) is 8.78 Å². The molecular weight excluding hydrogens is 533 g/mol. The molecule has 2 aromatic carbocycles. The van der Waals surface area contributed by atoms with Crippen LogP contribution in [0.3, 0.4) is 0 Å². The van der Waals surface area contributed by atoms with E-state index in [1.807, 2.05) is 6.92 Å². The van der Waals surface area contributed by atoms with E-state index in [2.05, 4.69) is 9.80 Å². The number of carbonyl (C=O) groups is 1. The smallest absolute Gasteiger partial charge is 0.309 e. The monoisotopic (exact) mass is 566 g/mol. The number of hydrogen-bond donors (Lipinski definition) is 1. The van der Waals surface area contributed by atoms with Crippen molar-refractivity contribution in [3.05, 3.63) is 57.6 Å². The summed E-state index contributed by atoms with van der Waals surface area (Å²) in [5.41, 5.74) is 0.840. The molecule has 0 unspecified atom stereocenters. The first-order valence-electron chi connectivity index (χ1n) is 13.3. The van der Waals surface area contributed by atoms with Crippen LogP contribution in [0.15, 0.2) is 36.4 Å². The van der Waals surface area contributed by atoms with Crippen LogP contribution in [-0.4, -0.2) is 48.2 Å². The molecule has 5 rings (SSSR count). The fourth-order valence-electron chi connectivity index (χ4n) is 6.28. The number of likely N-dealkylation sites (tertiary alicyclic amines) is 1. The maximum Gasteiger partial charge on any atom is 0.309 e. The Balaban J connectivity index is 1.22. The molecule has 9 heteroatoms. The lowest BCUT2D eigenvalue weighted by molar-refractivity contribution is -0.158. The molecule has 2 atom stereocenters. The predicted molar refractivity (Wildman–Crippen MR) is 146 cm³/mol. The van der Waals surface area contributed by atoms with E-state index in [9.17, 15) is 18.7 Å². The van der Waals surface area contributed by atoms with Crippen LogP contribution in [0.4, 0.5) is 14.5 Å². The molecule has 0 spiro atoms. The Hall–Kier alpha value is -2.09. The van der Waals surface area contributed by atoms with Gasteiger partial charge in [0.2, 0.25) is 0 Å². The van der Waals surface area contributed by atoms with Gasteiger partial charge in [0, 0.05) is 53.0 Å². The van der Waals surface area contributed by atoms with Crippen LogP contribution in [0.2, 0.25) is 10.0 Å². The second-order valence-electron chi connectivity index (χ2n) is 11.4. The van der Waals surface area contributed by atoms with E-state index in [-0.39, 0.29) is 11.3 Å². The third-order valence-electron chi connectivity index (χ3n) is 8.77. The summed E-state index contributed by atoms with van der Waals surface area (Å²) in [6, 6.07) is 10.4. The number of rotatable bonds is 8. The Morgan fingerprint density at radius 3 is 2.45 bits per heavy atom. The second kappa shape index (κ2) is 10.8. The van der Waals surface area contributed by atoms with Crippen molar-refractivity contribution >= 4 is 34.9 Å². The normalized spacial score (nSPS) is 27.1. The number of piperidine rings is 1. The van der Waals surface area contributed by atoms with Crippen LogP contribution < -0.4 is 9.64 Å². The first kappa shape index (κ1) is 27.5. The quantitative estimate of drug-likeness (QED) is 0.359. The van der Waals surface area contributed by atoms with Crippen molar-refractivity contribution in [2.24, 2.45) is 17.3 Å². The highest BCUT2D eigenvalue weighted by Gasteiger charge is 2.49. The van der Waals surface area contributed by atoms with Crippen LogP contribution in [0.1, 0.15) is 63.2 Å². The number of benzene rings is 2. The molecule has 2 aromatic rings. The molecule has 1 saturated carbocycles. The Bertz CT molecular complexity index is 1180. The van der Waals surface area contributed by atoms with Gasteiger partial charge in [0.15, 0.2) is 0 Å². The average molecular weight is 568 g/mol. The van der Waals surface area contributed by atoms with Crippen LogP contribution >= 0.6 is 23.2 Å². The number of hydrogen-bond acceptors (Lipinski definition) is 4. The zero-order valence-electron chi connectivity index (χ0n) is 21.7. The highest BCUT2D eigenvalue weighted by molar-refractivity contribution is 6.35. The fourth-order valence-corrected chi connectivity index (χ4v) is 6.84. The van der Waals surface area contributed by atoms with Gasteiger partial charge < -0.3 is 19.6 Å². The van der Waals surface area contributed by atoms with Crippen LogP contribution in [0, 0.1) is 17.3 Å². The van der Waals surface area contributed by atoms with Crippen LogP contribution in [0.5, 0.6) is 5.75 Å². The van der Waals surface area contributed by atoms with Crippen LogP contribution in [0.25, 0.3) is 0 Å². The fraction of sp³-hybridized carbons (Fsp3) is 0.552. The van der Waals surface area contributed by atoms with E-state index in [4.69, 9.17) is 27.9 Å².